The molecular weight excluding hydrogens is 376 g/mol. The number of aryl methyl sites for hydroxylation is 1. The van der Waals surface area contributed by atoms with Crippen LogP contribution >= 0.6 is 0 Å². The first-order valence-corrected chi connectivity index (χ1v) is 11.1. The molecule has 0 saturated heterocycles. The Morgan fingerprint density at radius 3 is 2.37 bits per heavy atom. The number of hydrogen-bond acceptors (Lipinski definition) is 3. The predicted octanol–water partition coefficient (Wildman–Crippen LogP) is 4.44. The second kappa shape index (κ2) is 10.5. The first-order valence-electron chi connectivity index (χ1n) is 11.1. The zero-order valence-corrected chi connectivity index (χ0v) is 18.5. The summed E-state index contributed by atoms with van der Waals surface area (Å²) in [4.78, 5) is 29.6. The van der Waals surface area contributed by atoms with E-state index in [0.29, 0.717) is 25.6 Å². The molecule has 0 spiro atoms. The van der Waals surface area contributed by atoms with Crippen LogP contribution in [0.25, 0.3) is 0 Å². The van der Waals surface area contributed by atoms with Crippen molar-refractivity contribution < 1.29 is 14.0 Å². The molecule has 0 bridgehead atoms. The van der Waals surface area contributed by atoms with Crippen molar-refractivity contribution in [2.75, 3.05) is 19.6 Å². The van der Waals surface area contributed by atoms with Crippen LogP contribution in [-0.2, 0) is 22.6 Å². The van der Waals surface area contributed by atoms with E-state index in [1.807, 2.05) is 42.2 Å². The van der Waals surface area contributed by atoms with Gasteiger partial charge in [0.2, 0.25) is 11.8 Å². The van der Waals surface area contributed by atoms with Gasteiger partial charge in [0.1, 0.15) is 11.5 Å². The molecule has 0 radical (unpaired) electrons. The molecule has 1 aromatic carbocycles. The topological polar surface area (TPSA) is 53.8 Å². The number of benzene rings is 1. The second-order valence-corrected chi connectivity index (χ2v) is 8.78. The third kappa shape index (κ3) is 6.75. The minimum atomic E-state index is -0.0160. The minimum Gasteiger partial charge on any atom is -0.464 e. The molecule has 0 atom stereocenters. The Labute approximate surface area is 180 Å². The van der Waals surface area contributed by atoms with E-state index >= 15 is 0 Å². The minimum absolute atomic E-state index is 0.0160. The van der Waals surface area contributed by atoms with Gasteiger partial charge in [-0.25, -0.2) is 0 Å². The molecule has 1 heterocycles. The number of furan rings is 1. The molecule has 3 rings (SSSR count). The normalized spacial score (nSPS) is 13.5. The van der Waals surface area contributed by atoms with E-state index in [2.05, 4.69) is 26.0 Å². The second-order valence-electron chi connectivity index (χ2n) is 8.78. The van der Waals surface area contributed by atoms with Gasteiger partial charge in [0, 0.05) is 19.0 Å². The first kappa shape index (κ1) is 22.1. The van der Waals surface area contributed by atoms with Gasteiger partial charge in [-0.05, 0) is 56.2 Å². The summed E-state index contributed by atoms with van der Waals surface area (Å²) in [7, 11) is 0. The van der Waals surface area contributed by atoms with Gasteiger partial charge in [0.25, 0.3) is 0 Å². The van der Waals surface area contributed by atoms with Crippen LogP contribution in [0.4, 0.5) is 0 Å². The van der Waals surface area contributed by atoms with Gasteiger partial charge in [0.15, 0.2) is 0 Å². The summed E-state index contributed by atoms with van der Waals surface area (Å²) in [5.41, 5.74) is 1.19. The van der Waals surface area contributed by atoms with Gasteiger partial charge in [-0.3, -0.25) is 9.59 Å². The lowest BCUT2D eigenvalue weighted by Crippen LogP contribution is -2.44. The molecule has 30 heavy (non-hydrogen) atoms. The summed E-state index contributed by atoms with van der Waals surface area (Å²) in [5, 5.41) is 0. The highest BCUT2D eigenvalue weighted by molar-refractivity contribution is 5.87. The molecule has 0 aliphatic heterocycles. The Morgan fingerprint density at radius 2 is 1.77 bits per heavy atom. The summed E-state index contributed by atoms with van der Waals surface area (Å²) >= 11 is 0. The number of nitrogens with zero attached hydrogens (tertiary/aromatic N) is 2. The summed E-state index contributed by atoms with van der Waals surface area (Å²) in [6, 6.07) is 14.0. The van der Waals surface area contributed by atoms with Gasteiger partial charge in [-0.2, -0.15) is 0 Å². The van der Waals surface area contributed by atoms with E-state index in [4.69, 9.17) is 4.42 Å². The Hall–Kier alpha value is -2.56. The average molecular weight is 411 g/mol. The van der Waals surface area contributed by atoms with Crippen molar-refractivity contribution in [3.63, 3.8) is 0 Å². The number of amides is 2. The van der Waals surface area contributed by atoms with Crippen molar-refractivity contribution in [2.45, 2.75) is 53.0 Å². The molecule has 0 N–H and O–H groups in total. The molecule has 1 aromatic heterocycles. The van der Waals surface area contributed by atoms with Crippen molar-refractivity contribution in [3.05, 3.63) is 59.5 Å². The maximum Gasteiger partial charge on any atom is 0.242 e. The average Bonchev–Trinajstić information content (AvgIpc) is 3.50. The third-order valence-electron chi connectivity index (χ3n) is 5.55. The maximum atomic E-state index is 13.3. The molecule has 162 valence electrons. The van der Waals surface area contributed by atoms with Crippen LogP contribution in [0, 0.1) is 18.8 Å². The van der Waals surface area contributed by atoms with Gasteiger partial charge < -0.3 is 14.2 Å². The van der Waals surface area contributed by atoms with Crippen LogP contribution in [0.5, 0.6) is 0 Å². The van der Waals surface area contributed by atoms with Gasteiger partial charge >= 0.3 is 0 Å². The summed E-state index contributed by atoms with van der Waals surface area (Å²) in [6.45, 7) is 8.01. The molecular formula is C25H34N2O3. The highest BCUT2D eigenvalue weighted by atomic mass is 16.3. The van der Waals surface area contributed by atoms with Gasteiger partial charge in [0.05, 0.1) is 13.1 Å². The first-order chi connectivity index (χ1) is 14.4. The zero-order valence-electron chi connectivity index (χ0n) is 18.5. The lowest BCUT2D eigenvalue weighted by Gasteiger charge is -2.28. The Morgan fingerprint density at radius 1 is 1.03 bits per heavy atom. The SMILES string of the molecule is Cc1ccc(CN(CCc2ccccc2)C(=O)CN(CCC(C)C)C(=O)C2CC2)o1. The number of rotatable bonds is 11. The largest absolute Gasteiger partial charge is 0.464 e. The molecule has 2 aromatic rings. The monoisotopic (exact) mass is 410 g/mol. The van der Waals surface area contributed by atoms with E-state index in [1.165, 1.54) is 5.56 Å². The molecule has 2 amide bonds. The predicted molar refractivity (Wildman–Crippen MR) is 118 cm³/mol. The van der Waals surface area contributed by atoms with Crippen LogP contribution < -0.4 is 0 Å². The van der Waals surface area contributed by atoms with Crippen LogP contribution in [0.15, 0.2) is 46.9 Å². The number of hydrogen-bond donors (Lipinski definition) is 0. The van der Waals surface area contributed by atoms with Gasteiger partial charge in [-0.1, -0.05) is 44.2 Å². The highest BCUT2D eigenvalue weighted by Gasteiger charge is 2.34. The lowest BCUT2D eigenvalue weighted by molar-refractivity contribution is -0.141. The third-order valence-corrected chi connectivity index (χ3v) is 5.55. The van der Waals surface area contributed by atoms with Crippen LogP contribution in [-0.4, -0.2) is 41.2 Å². The van der Waals surface area contributed by atoms with E-state index < -0.39 is 0 Å². The van der Waals surface area contributed by atoms with E-state index in [-0.39, 0.29) is 24.3 Å². The fourth-order valence-electron chi connectivity index (χ4n) is 3.49. The Balaban J connectivity index is 1.68. The maximum absolute atomic E-state index is 13.3. The molecule has 1 saturated carbocycles. The summed E-state index contributed by atoms with van der Waals surface area (Å²) in [6.07, 6.45) is 3.59. The fourth-order valence-corrected chi connectivity index (χ4v) is 3.49. The lowest BCUT2D eigenvalue weighted by atomic mass is 10.1. The van der Waals surface area contributed by atoms with E-state index in [1.54, 1.807) is 4.90 Å². The molecule has 5 heteroatoms. The quantitative estimate of drug-likeness (QED) is 0.550. The molecule has 1 fully saturated rings. The van der Waals surface area contributed by atoms with Crippen molar-refractivity contribution in [2.24, 2.45) is 11.8 Å². The smallest absolute Gasteiger partial charge is 0.242 e. The molecule has 0 unspecified atom stereocenters. The summed E-state index contributed by atoms with van der Waals surface area (Å²) < 4.78 is 5.72. The number of carbonyl (C=O) groups excluding carboxylic acids is 2. The highest BCUT2D eigenvalue weighted by Crippen LogP contribution is 2.31. The Kier molecular flexibility index (Phi) is 7.72. The van der Waals surface area contributed by atoms with Crippen molar-refractivity contribution in [1.29, 1.82) is 0 Å². The van der Waals surface area contributed by atoms with Gasteiger partial charge in [-0.15, -0.1) is 0 Å². The van der Waals surface area contributed by atoms with Crippen LogP contribution in [0.2, 0.25) is 0 Å². The fraction of sp³-hybridized carbons (Fsp3) is 0.520. The van der Waals surface area contributed by atoms with E-state index in [0.717, 1.165) is 37.2 Å². The molecule has 1 aliphatic rings. The van der Waals surface area contributed by atoms with Crippen LogP contribution in [0.1, 0.15) is 50.2 Å². The Bertz CT molecular complexity index is 824. The zero-order chi connectivity index (χ0) is 21.5. The standard InChI is InChI=1S/C25H34N2O3/c1-19(2)13-15-27(25(29)22-10-11-22)18-24(28)26(17-23-12-9-20(3)30-23)16-14-21-7-5-4-6-8-21/h4-9,12,19,22H,10-11,13-18H2,1-3H3. The van der Waals surface area contributed by atoms with Crippen molar-refractivity contribution in [1.82, 2.24) is 9.80 Å². The van der Waals surface area contributed by atoms with Crippen LogP contribution in [0.3, 0.4) is 0 Å². The van der Waals surface area contributed by atoms with Crippen molar-refractivity contribution in [3.8, 4) is 0 Å². The number of carbonyl (C=O) groups is 2. The molecule has 5 nitrogen and oxygen atoms in total. The van der Waals surface area contributed by atoms with Crippen molar-refractivity contribution >= 4 is 11.8 Å². The van der Waals surface area contributed by atoms with E-state index in [9.17, 15) is 9.59 Å². The molecule has 1 aliphatic carbocycles. The summed E-state index contributed by atoms with van der Waals surface area (Å²) in [5.74, 6) is 2.35.